The largest absolute Gasteiger partial charge is 0.508 e. The number of likely N-dealkylation sites (N-methyl/N-ethyl adjacent to an activating group) is 1. The molecule has 136 valence electrons. The van der Waals surface area contributed by atoms with Crippen LogP contribution in [0.15, 0.2) is 35.0 Å². The van der Waals surface area contributed by atoms with E-state index in [-0.39, 0.29) is 30.2 Å². The fraction of sp³-hybridized carbons (Fsp3) is 0.389. The maximum atomic E-state index is 12.7. The number of amides is 2. The molecule has 0 saturated heterocycles. The highest BCUT2D eigenvalue weighted by Crippen LogP contribution is 2.30. The molecule has 5 nitrogen and oxygen atoms in total. The Labute approximate surface area is 158 Å². The molecule has 0 saturated carbocycles. The Kier molecular flexibility index (Phi) is 6.70. The van der Waals surface area contributed by atoms with E-state index >= 15 is 0 Å². The Balaban J connectivity index is 0.00000225. The number of hydrogen-bond donors (Lipinski definition) is 2. The number of aromatic hydroxyl groups is 1. The molecule has 25 heavy (non-hydrogen) atoms. The minimum absolute atomic E-state index is 0. The Morgan fingerprint density at radius 3 is 2.88 bits per heavy atom. The molecule has 1 aromatic heterocycles. The van der Waals surface area contributed by atoms with Gasteiger partial charge in [0.25, 0.3) is 0 Å². The highest BCUT2D eigenvalue weighted by Gasteiger charge is 2.24. The van der Waals surface area contributed by atoms with Gasteiger partial charge in [0.1, 0.15) is 5.75 Å². The zero-order valence-corrected chi connectivity index (χ0v) is 16.1. The average molecular weight is 382 g/mol. The first-order valence-electron chi connectivity index (χ1n) is 8.12. The van der Waals surface area contributed by atoms with Gasteiger partial charge in [-0.3, -0.25) is 4.90 Å². The van der Waals surface area contributed by atoms with Gasteiger partial charge in [-0.15, -0.1) is 12.4 Å². The summed E-state index contributed by atoms with van der Waals surface area (Å²) in [5.41, 5.74) is 3.13. The van der Waals surface area contributed by atoms with Crippen LogP contribution in [0.1, 0.15) is 23.6 Å². The van der Waals surface area contributed by atoms with Crippen LogP contribution in [0, 0.1) is 0 Å². The molecule has 2 N–H and O–H groups in total. The van der Waals surface area contributed by atoms with Crippen molar-refractivity contribution < 1.29 is 9.90 Å². The number of halogens is 1. The number of phenols is 1. The minimum atomic E-state index is -0.108. The van der Waals surface area contributed by atoms with Crippen LogP contribution in [0.25, 0.3) is 0 Å². The summed E-state index contributed by atoms with van der Waals surface area (Å²) in [4.78, 5) is 16.5. The van der Waals surface area contributed by atoms with E-state index in [2.05, 4.69) is 27.0 Å². The lowest BCUT2D eigenvalue weighted by atomic mass is 10.0. The van der Waals surface area contributed by atoms with Crippen LogP contribution >= 0.6 is 23.7 Å². The van der Waals surface area contributed by atoms with Gasteiger partial charge in [0.15, 0.2) is 0 Å². The molecule has 0 spiro atoms. The molecule has 0 fully saturated rings. The zero-order valence-electron chi connectivity index (χ0n) is 14.4. The van der Waals surface area contributed by atoms with Gasteiger partial charge in [-0.25, -0.2) is 4.79 Å². The summed E-state index contributed by atoms with van der Waals surface area (Å²) in [7, 11) is 4.03. The molecule has 3 rings (SSSR count). The number of rotatable bonds is 4. The monoisotopic (exact) mass is 381 g/mol. The van der Waals surface area contributed by atoms with Gasteiger partial charge in [-0.05, 0) is 61.0 Å². The van der Waals surface area contributed by atoms with Gasteiger partial charge in [0, 0.05) is 19.2 Å². The fourth-order valence-electron chi connectivity index (χ4n) is 3.12. The lowest BCUT2D eigenvalue weighted by Gasteiger charge is -2.31. The number of fused-ring (bicyclic) bond motifs is 1. The van der Waals surface area contributed by atoms with Crippen molar-refractivity contribution in [2.45, 2.75) is 18.9 Å². The first kappa shape index (κ1) is 19.6. The molecular formula is C18H24ClN3O2S. The first-order valence-corrected chi connectivity index (χ1v) is 9.06. The third-order valence-corrected chi connectivity index (χ3v) is 5.13. The minimum Gasteiger partial charge on any atom is -0.508 e. The third-order valence-electron chi connectivity index (χ3n) is 4.43. The summed E-state index contributed by atoms with van der Waals surface area (Å²) in [5, 5.41) is 17.0. The van der Waals surface area contributed by atoms with Crippen LogP contribution in [-0.4, -0.2) is 43.2 Å². The fourth-order valence-corrected chi connectivity index (χ4v) is 3.82. The number of aryl methyl sites for hydroxylation is 1. The van der Waals surface area contributed by atoms with Gasteiger partial charge in [-0.1, -0.05) is 6.07 Å². The summed E-state index contributed by atoms with van der Waals surface area (Å²) in [5.74, 6) is 0.192. The van der Waals surface area contributed by atoms with Crippen molar-refractivity contribution in [3.05, 3.63) is 46.2 Å². The Morgan fingerprint density at radius 1 is 1.40 bits per heavy atom. The summed E-state index contributed by atoms with van der Waals surface area (Å²) < 4.78 is 0. The molecule has 2 amide bonds. The molecule has 7 heteroatoms. The third kappa shape index (κ3) is 4.45. The molecule has 2 heterocycles. The lowest BCUT2D eigenvalue weighted by molar-refractivity contribution is 0.237. The van der Waals surface area contributed by atoms with Crippen molar-refractivity contribution >= 4 is 35.5 Å². The maximum absolute atomic E-state index is 12.7. The van der Waals surface area contributed by atoms with Crippen molar-refractivity contribution in [1.29, 1.82) is 0 Å². The van der Waals surface area contributed by atoms with Crippen LogP contribution in [0.5, 0.6) is 5.75 Å². The molecule has 1 aliphatic heterocycles. The van der Waals surface area contributed by atoms with Gasteiger partial charge >= 0.3 is 6.03 Å². The molecule has 1 unspecified atom stereocenters. The Hall–Kier alpha value is -1.76. The lowest BCUT2D eigenvalue weighted by Crippen LogP contribution is -2.45. The summed E-state index contributed by atoms with van der Waals surface area (Å²) in [6.45, 7) is 1.22. The van der Waals surface area contributed by atoms with Crippen LogP contribution < -0.4 is 10.2 Å². The highest BCUT2D eigenvalue weighted by atomic mass is 35.5. The van der Waals surface area contributed by atoms with Gasteiger partial charge in [0.2, 0.25) is 0 Å². The predicted octanol–water partition coefficient (Wildman–Crippen LogP) is 3.64. The summed E-state index contributed by atoms with van der Waals surface area (Å²) in [6, 6.07) is 7.39. The number of hydrogen-bond acceptors (Lipinski definition) is 4. The van der Waals surface area contributed by atoms with E-state index in [0.29, 0.717) is 13.1 Å². The van der Waals surface area contributed by atoms with Crippen LogP contribution in [-0.2, 0) is 6.42 Å². The van der Waals surface area contributed by atoms with Crippen molar-refractivity contribution in [3.63, 3.8) is 0 Å². The average Bonchev–Trinajstić information content (AvgIpc) is 3.08. The molecule has 2 aromatic rings. The number of carbonyl (C=O) groups is 1. The SMILES string of the molecule is CN(C)C(CNC(=O)N1CCCc2ccc(O)cc21)c1ccsc1.Cl. The Bertz CT molecular complexity index is 706. The molecular weight excluding hydrogens is 358 g/mol. The number of urea groups is 1. The van der Waals surface area contributed by atoms with Crippen molar-refractivity contribution in [1.82, 2.24) is 10.2 Å². The molecule has 0 radical (unpaired) electrons. The number of phenolic OH excluding ortho intramolecular Hbond substituents is 1. The second-order valence-corrected chi connectivity index (χ2v) is 7.07. The van der Waals surface area contributed by atoms with E-state index < -0.39 is 0 Å². The number of carbonyl (C=O) groups excluding carboxylic acids is 1. The van der Waals surface area contributed by atoms with E-state index in [4.69, 9.17) is 0 Å². The van der Waals surface area contributed by atoms with Gasteiger partial charge < -0.3 is 15.3 Å². The molecule has 1 aromatic carbocycles. The van der Waals surface area contributed by atoms with E-state index in [0.717, 1.165) is 24.1 Å². The Morgan fingerprint density at radius 2 is 2.20 bits per heavy atom. The van der Waals surface area contributed by atoms with Crippen molar-refractivity contribution in [2.75, 3.05) is 32.1 Å². The van der Waals surface area contributed by atoms with E-state index in [1.165, 1.54) is 5.56 Å². The maximum Gasteiger partial charge on any atom is 0.321 e. The second-order valence-electron chi connectivity index (χ2n) is 6.29. The van der Waals surface area contributed by atoms with Crippen molar-refractivity contribution in [3.8, 4) is 5.75 Å². The van der Waals surface area contributed by atoms with Gasteiger partial charge in [-0.2, -0.15) is 11.3 Å². The predicted molar refractivity (Wildman–Crippen MR) is 105 cm³/mol. The number of thiophene rings is 1. The molecule has 1 aliphatic rings. The summed E-state index contributed by atoms with van der Waals surface area (Å²) >= 11 is 1.66. The first-order chi connectivity index (χ1) is 11.6. The topological polar surface area (TPSA) is 55.8 Å². The second kappa shape index (κ2) is 8.56. The normalized spacial score (nSPS) is 14.6. The van der Waals surface area contributed by atoms with Crippen LogP contribution in [0.3, 0.4) is 0 Å². The summed E-state index contributed by atoms with van der Waals surface area (Å²) in [6.07, 6.45) is 1.88. The quantitative estimate of drug-likeness (QED) is 0.850. The van der Waals surface area contributed by atoms with Gasteiger partial charge in [0.05, 0.1) is 11.7 Å². The number of nitrogens with zero attached hydrogens (tertiary/aromatic N) is 2. The smallest absolute Gasteiger partial charge is 0.321 e. The van der Waals surface area contributed by atoms with E-state index in [1.54, 1.807) is 28.4 Å². The van der Waals surface area contributed by atoms with Crippen LogP contribution in [0.2, 0.25) is 0 Å². The van der Waals surface area contributed by atoms with Crippen LogP contribution in [0.4, 0.5) is 10.5 Å². The standard InChI is InChI=1S/C18H23N3O2S.ClH/c1-20(2)17(14-7-9-24-12-14)11-19-18(23)21-8-3-4-13-5-6-15(22)10-16(13)21;/h5-7,9-10,12,17,22H,3-4,8,11H2,1-2H3,(H,19,23);1H. The number of benzene rings is 1. The molecule has 0 bridgehead atoms. The molecule has 1 atom stereocenters. The highest BCUT2D eigenvalue weighted by molar-refractivity contribution is 7.07. The molecule has 0 aliphatic carbocycles. The van der Waals surface area contributed by atoms with E-state index in [1.807, 2.05) is 20.2 Å². The zero-order chi connectivity index (χ0) is 17.1. The van der Waals surface area contributed by atoms with Crippen molar-refractivity contribution in [2.24, 2.45) is 0 Å². The van der Waals surface area contributed by atoms with E-state index in [9.17, 15) is 9.90 Å². The number of anilines is 1. The number of nitrogens with one attached hydrogen (secondary N) is 1.